The second-order valence-corrected chi connectivity index (χ2v) is 5.91. The smallest absolute Gasteiger partial charge is 0.164 e. The van der Waals surface area contributed by atoms with E-state index in [9.17, 15) is 0 Å². The molecule has 0 atom stereocenters. The molecule has 120 valence electrons. The van der Waals surface area contributed by atoms with Crippen molar-refractivity contribution in [1.82, 2.24) is 15.0 Å². The van der Waals surface area contributed by atoms with Crippen molar-refractivity contribution in [2.45, 2.75) is 6.92 Å². The number of rotatable bonds is 3. The Morgan fingerprint density at radius 3 is 1.40 bits per heavy atom. The van der Waals surface area contributed by atoms with Crippen LogP contribution in [0, 0.1) is 6.92 Å². The van der Waals surface area contributed by atoms with Crippen LogP contribution in [0.3, 0.4) is 0 Å². The van der Waals surface area contributed by atoms with Crippen molar-refractivity contribution in [2.75, 3.05) is 0 Å². The van der Waals surface area contributed by atoms with Gasteiger partial charge in [0.05, 0.1) is 0 Å². The van der Waals surface area contributed by atoms with E-state index in [1.165, 1.54) is 5.56 Å². The molecule has 1 aromatic heterocycles. The summed E-state index contributed by atoms with van der Waals surface area (Å²) in [4.78, 5) is 14.1. The van der Waals surface area contributed by atoms with Crippen LogP contribution in [0.4, 0.5) is 0 Å². The van der Waals surface area contributed by atoms with Crippen LogP contribution in [0.5, 0.6) is 0 Å². The predicted molar refractivity (Wildman–Crippen MR) is 101 cm³/mol. The molecule has 25 heavy (non-hydrogen) atoms. The lowest BCUT2D eigenvalue weighted by Gasteiger charge is -2.08. The summed E-state index contributed by atoms with van der Waals surface area (Å²) in [5.74, 6) is 2.06. The van der Waals surface area contributed by atoms with Gasteiger partial charge in [-0.15, -0.1) is 0 Å². The fourth-order valence-electron chi connectivity index (χ4n) is 2.72. The molecule has 4 rings (SSSR count). The number of aromatic nitrogens is 3. The van der Waals surface area contributed by atoms with Crippen LogP contribution in [-0.2, 0) is 0 Å². The summed E-state index contributed by atoms with van der Waals surface area (Å²) in [7, 11) is 0. The summed E-state index contributed by atoms with van der Waals surface area (Å²) in [5, 5.41) is 0. The lowest BCUT2D eigenvalue weighted by molar-refractivity contribution is 1.07. The Kier molecular flexibility index (Phi) is 4.05. The van der Waals surface area contributed by atoms with E-state index in [0.717, 1.165) is 16.7 Å². The van der Waals surface area contributed by atoms with Crippen LogP contribution >= 0.6 is 0 Å². The van der Waals surface area contributed by atoms with Gasteiger partial charge >= 0.3 is 0 Å². The molecule has 0 aliphatic carbocycles. The first-order valence-electron chi connectivity index (χ1n) is 8.23. The summed E-state index contributed by atoms with van der Waals surface area (Å²) < 4.78 is 0. The normalized spacial score (nSPS) is 10.6. The van der Waals surface area contributed by atoms with Gasteiger partial charge in [-0.05, 0) is 13.0 Å². The quantitative estimate of drug-likeness (QED) is 0.521. The van der Waals surface area contributed by atoms with E-state index >= 15 is 0 Å². The van der Waals surface area contributed by atoms with E-state index < -0.39 is 0 Å². The Morgan fingerprint density at radius 2 is 0.920 bits per heavy atom. The highest BCUT2D eigenvalue weighted by Gasteiger charge is 2.11. The van der Waals surface area contributed by atoms with Crippen LogP contribution in [-0.4, -0.2) is 15.0 Å². The topological polar surface area (TPSA) is 38.7 Å². The van der Waals surface area contributed by atoms with Gasteiger partial charge in [-0.3, -0.25) is 0 Å². The van der Waals surface area contributed by atoms with Crippen molar-refractivity contribution in [3.63, 3.8) is 0 Å². The molecular formula is C22H17N3. The number of nitrogens with zero attached hydrogens (tertiary/aromatic N) is 3. The van der Waals surface area contributed by atoms with Crippen molar-refractivity contribution in [3.8, 4) is 34.2 Å². The molecule has 0 radical (unpaired) electrons. The maximum atomic E-state index is 4.72. The van der Waals surface area contributed by atoms with Gasteiger partial charge in [0.1, 0.15) is 0 Å². The van der Waals surface area contributed by atoms with Crippen molar-refractivity contribution < 1.29 is 0 Å². The van der Waals surface area contributed by atoms with Crippen molar-refractivity contribution in [3.05, 3.63) is 90.5 Å². The standard InChI is InChI=1S/C22H17N3/c1-16-9-8-14-19(15-16)22-24-20(17-10-4-2-5-11-17)23-21(25-22)18-12-6-3-7-13-18/h2-15H,1H3. The van der Waals surface area contributed by atoms with Crippen molar-refractivity contribution in [1.29, 1.82) is 0 Å². The van der Waals surface area contributed by atoms with Gasteiger partial charge < -0.3 is 0 Å². The molecule has 0 bridgehead atoms. The van der Waals surface area contributed by atoms with Gasteiger partial charge in [-0.25, -0.2) is 15.0 Å². The molecule has 0 N–H and O–H groups in total. The molecule has 0 saturated carbocycles. The number of aryl methyl sites for hydroxylation is 1. The zero-order valence-electron chi connectivity index (χ0n) is 13.9. The lowest BCUT2D eigenvalue weighted by Crippen LogP contribution is -2.00. The van der Waals surface area contributed by atoms with Gasteiger partial charge in [-0.2, -0.15) is 0 Å². The molecule has 4 aromatic rings. The predicted octanol–water partition coefficient (Wildman–Crippen LogP) is 5.18. The average Bonchev–Trinajstić information content (AvgIpc) is 2.69. The third-order valence-corrected chi connectivity index (χ3v) is 3.98. The van der Waals surface area contributed by atoms with Gasteiger partial charge in [0.25, 0.3) is 0 Å². The van der Waals surface area contributed by atoms with Crippen molar-refractivity contribution >= 4 is 0 Å². The highest BCUT2D eigenvalue weighted by Crippen LogP contribution is 2.24. The van der Waals surface area contributed by atoms with E-state index in [1.807, 2.05) is 72.8 Å². The largest absolute Gasteiger partial charge is 0.208 e. The first-order valence-corrected chi connectivity index (χ1v) is 8.23. The van der Waals surface area contributed by atoms with Gasteiger partial charge in [0.2, 0.25) is 0 Å². The number of hydrogen-bond donors (Lipinski definition) is 0. The fraction of sp³-hybridized carbons (Fsp3) is 0.0455. The third kappa shape index (κ3) is 3.31. The highest BCUT2D eigenvalue weighted by molar-refractivity contribution is 5.66. The molecule has 0 fully saturated rings. The van der Waals surface area contributed by atoms with Crippen LogP contribution in [0.15, 0.2) is 84.9 Å². The lowest BCUT2D eigenvalue weighted by atomic mass is 10.1. The molecule has 3 heteroatoms. The van der Waals surface area contributed by atoms with E-state index in [0.29, 0.717) is 17.5 Å². The zero-order valence-corrected chi connectivity index (χ0v) is 13.9. The van der Waals surface area contributed by atoms with Gasteiger partial charge in [0, 0.05) is 16.7 Å². The molecule has 0 saturated heterocycles. The molecule has 3 aromatic carbocycles. The van der Waals surface area contributed by atoms with E-state index in [4.69, 9.17) is 15.0 Å². The van der Waals surface area contributed by atoms with E-state index in [1.54, 1.807) is 0 Å². The van der Waals surface area contributed by atoms with Crippen LogP contribution in [0.1, 0.15) is 5.56 Å². The summed E-state index contributed by atoms with van der Waals surface area (Å²) in [6, 6.07) is 28.3. The molecule has 0 unspecified atom stereocenters. The summed E-state index contributed by atoms with van der Waals surface area (Å²) >= 11 is 0. The summed E-state index contributed by atoms with van der Waals surface area (Å²) in [6.07, 6.45) is 0. The summed E-state index contributed by atoms with van der Waals surface area (Å²) in [6.45, 7) is 2.07. The maximum absolute atomic E-state index is 4.72. The van der Waals surface area contributed by atoms with Crippen LogP contribution < -0.4 is 0 Å². The Morgan fingerprint density at radius 1 is 0.480 bits per heavy atom. The molecule has 1 heterocycles. The number of benzene rings is 3. The Balaban J connectivity index is 1.92. The molecule has 3 nitrogen and oxygen atoms in total. The van der Waals surface area contributed by atoms with Crippen LogP contribution in [0.2, 0.25) is 0 Å². The van der Waals surface area contributed by atoms with E-state index in [2.05, 4.69) is 19.1 Å². The average molecular weight is 323 g/mol. The van der Waals surface area contributed by atoms with Gasteiger partial charge in [0.15, 0.2) is 17.5 Å². The highest BCUT2D eigenvalue weighted by atomic mass is 15.0. The monoisotopic (exact) mass is 323 g/mol. The third-order valence-electron chi connectivity index (χ3n) is 3.98. The maximum Gasteiger partial charge on any atom is 0.164 e. The Hall–Kier alpha value is -3.33. The molecule has 0 aliphatic rings. The first kappa shape index (κ1) is 15.2. The van der Waals surface area contributed by atoms with Crippen molar-refractivity contribution in [2.24, 2.45) is 0 Å². The minimum Gasteiger partial charge on any atom is -0.208 e. The van der Waals surface area contributed by atoms with Crippen LogP contribution in [0.25, 0.3) is 34.2 Å². The minimum atomic E-state index is 0.686. The second-order valence-electron chi connectivity index (χ2n) is 5.91. The second kappa shape index (κ2) is 6.65. The number of hydrogen-bond acceptors (Lipinski definition) is 3. The Bertz CT molecular complexity index is 938. The van der Waals surface area contributed by atoms with Gasteiger partial charge in [-0.1, -0.05) is 84.4 Å². The molecule has 0 amide bonds. The first-order chi connectivity index (χ1) is 12.3. The van der Waals surface area contributed by atoms with E-state index in [-0.39, 0.29) is 0 Å². The molecule has 0 aliphatic heterocycles. The fourth-order valence-corrected chi connectivity index (χ4v) is 2.72. The summed E-state index contributed by atoms with van der Waals surface area (Å²) in [5.41, 5.74) is 4.14. The zero-order chi connectivity index (χ0) is 17.1. The molecular weight excluding hydrogens is 306 g/mol. The molecule has 0 spiro atoms. The SMILES string of the molecule is Cc1cccc(-c2nc(-c3ccccc3)nc(-c3ccccc3)n2)c1. The Labute approximate surface area is 147 Å². The minimum absolute atomic E-state index is 0.686.